The molecule has 0 aromatic heterocycles. The lowest BCUT2D eigenvalue weighted by molar-refractivity contribution is -0.274. The predicted octanol–water partition coefficient (Wildman–Crippen LogP) is 4.40. The standard InChI is InChI=1S/C12H13F3O/c1-3-4-9(2)10-5-7-11(8-6-10)16-12(13,14)15/h4-8H,3H2,1-2H3/b9-4+. The highest BCUT2D eigenvalue weighted by molar-refractivity contribution is 5.64. The van der Waals surface area contributed by atoms with Crippen LogP contribution in [0.1, 0.15) is 25.8 Å². The summed E-state index contributed by atoms with van der Waals surface area (Å²) >= 11 is 0. The fraction of sp³-hybridized carbons (Fsp3) is 0.333. The summed E-state index contributed by atoms with van der Waals surface area (Å²) in [5.41, 5.74) is 1.94. The van der Waals surface area contributed by atoms with Crippen molar-refractivity contribution in [3.05, 3.63) is 35.9 Å². The Morgan fingerprint density at radius 3 is 2.25 bits per heavy atom. The molecule has 1 nitrogen and oxygen atoms in total. The summed E-state index contributed by atoms with van der Waals surface area (Å²) in [5, 5.41) is 0. The predicted molar refractivity (Wildman–Crippen MR) is 57.1 cm³/mol. The maximum Gasteiger partial charge on any atom is 0.573 e. The van der Waals surface area contributed by atoms with Gasteiger partial charge in [0.05, 0.1) is 0 Å². The molecule has 0 radical (unpaired) electrons. The molecule has 0 N–H and O–H groups in total. The second-order valence-corrected chi connectivity index (χ2v) is 3.37. The molecule has 0 saturated heterocycles. The van der Waals surface area contributed by atoms with Crippen LogP contribution in [0.3, 0.4) is 0 Å². The van der Waals surface area contributed by atoms with Crippen molar-refractivity contribution in [1.29, 1.82) is 0 Å². The molecule has 1 rings (SSSR count). The summed E-state index contributed by atoms with van der Waals surface area (Å²) in [6.07, 6.45) is -1.72. The van der Waals surface area contributed by atoms with Gasteiger partial charge in [0.1, 0.15) is 5.75 Å². The number of hydrogen-bond acceptors (Lipinski definition) is 1. The third kappa shape index (κ3) is 3.96. The van der Waals surface area contributed by atoms with Gasteiger partial charge in [0.15, 0.2) is 0 Å². The van der Waals surface area contributed by atoms with E-state index in [4.69, 9.17) is 0 Å². The highest BCUT2D eigenvalue weighted by Crippen LogP contribution is 2.24. The molecule has 0 unspecified atom stereocenters. The normalized spacial score (nSPS) is 12.7. The molecule has 0 saturated carbocycles. The Balaban J connectivity index is 2.79. The molecule has 0 atom stereocenters. The molecule has 16 heavy (non-hydrogen) atoms. The van der Waals surface area contributed by atoms with Crippen molar-refractivity contribution in [1.82, 2.24) is 0 Å². The number of allylic oxidation sites excluding steroid dienone is 2. The van der Waals surface area contributed by atoms with Gasteiger partial charge in [-0.1, -0.05) is 25.1 Å². The zero-order valence-electron chi connectivity index (χ0n) is 9.14. The molecule has 88 valence electrons. The third-order valence-corrected chi connectivity index (χ3v) is 2.05. The van der Waals surface area contributed by atoms with Gasteiger partial charge in [0, 0.05) is 0 Å². The smallest absolute Gasteiger partial charge is 0.406 e. The van der Waals surface area contributed by atoms with Crippen molar-refractivity contribution in [3.8, 4) is 5.75 Å². The van der Waals surface area contributed by atoms with Crippen molar-refractivity contribution in [3.63, 3.8) is 0 Å². The Kier molecular flexibility index (Phi) is 3.99. The average Bonchev–Trinajstić information content (AvgIpc) is 2.16. The fourth-order valence-corrected chi connectivity index (χ4v) is 1.34. The molecule has 0 spiro atoms. The summed E-state index contributed by atoms with van der Waals surface area (Å²) in [4.78, 5) is 0. The van der Waals surface area contributed by atoms with E-state index in [0.29, 0.717) is 0 Å². The van der Waals surface area contributed by atoms with Crippen LogP contribution < -0.4 is 4.74 Å². The van der Waals surface area contributed by atoms with Gasteiger partial charge >= 0.3 is 6.36 Å². The van der Waals surface area contributed by atoms with Crippen molar-refractivity contribution in [2.24, 2.45) is 0 Å². The van der Waals surface area contributed by atoms with E-state index in [2.05, 4.69) is 4.74 Å². The zero-order chi connectivity index (χ0) is 12.2. The van der Waals surface area contributed by atoms with Crippen molar-refractivity contribution < 1.29 is 17.9 Å². The largest absolute Gasteiger partial charge is 0.573 e. The van der Waals surface area contributed by atoms with Crippen LogP contribution in [0.4, 0.5) is 13.2 Å². The molecule has 0 aliphatic carbocycles. The van der Waals surface area contributed by atoms with Crippen LogP contribution in [0.25, 0.3) is 5.57 Å². The van der Waals surface area contributed by atoms with Crippen LogP contribution in [-0.2, 0) is 0 Å². The van der Waals surface area contributed by atoms with E-state index in [0.717, 1.165) is 17.6 Å². The monoisotopic (exact) mass is 230 g/mol. The first-order chi connectivity index (χ1) is 7.42. The minimum Gasteiger partial charge on any atom is -0.406 e. The van der Waals surface area contributed by atoms with Crippen LogP contribution in [0, 0.1) is 0 Å². The van der Waals surface area contributed by atoms with Gasteiger partial charge in [0.25, 0.3) is 0 Å². The highest BCUT2D eigenvalue weighted by Gasteiger charge is 2.30. The molecule has 1 aromatic rings. The van der Waals surface area contributed by atoms with Gasteiger partial charge in [-0.05, 0) is 36.6 Å². The minimum absolute atomic E-state index is 0.194. The molecule has 0 fully saturated rings. The molecule has 0 amide bonds. The van der Waals surface area contributed by atoms with Crippen LogP contribution >= 0.6 is 0 Å². The summed E-state index contributed by atoms with van der Waals surface area (Å²) < 4.78 is 39.4. The lowest BCUT2D eigenvalue weighted by Crippen LogP contribution is -2.16. The van der Waals surface area contributed by atoms with Gasteiger partial charge in [-0.3, -0.25) is 0 Å². The molecule has 0 aliphatic heterocycles. The summed E-state index contributed by atoms with van der Waals surface area (Å²) in [6.45, 7) is 3.92. The molecular formula is C12H13F3O. The number of ether oxygens (including phenoxy) is 1. The lowest BCUT2D eigenvalue weighted by Gasteiger charge is -2.09. The quantitative estimate of drug-likeness (QED) is 0.747. The number of alkyl halides is 3. The average molecular weight is 230 g/mol. The number of hydrogen-bond donors (Lipinski definition) is 0. The van der Waals surface area contributed by atoms with Gasteiger partial charge < -0.3 is 4.74 Å². The van der Waals surface area contributed by atoms with Crippen LogP contribution in [0.5, 0.6) is 5.75 Å². The Labute approximate surface area is 92.5 Å². The summed E-state index contributed by atoms with van der Waals surface area (Å²) in [6, 6.07) is 5.86. The topological polar surface area (TPSA) is 9.23 Å². The molecule has 0 bridgehead atoms. The Bertz CT molecular complexity index is 363. The molecule has 1 aromatic carbocycles. The number of benzene rings is 1. The van der Waals surface area contributed by atoms with Crippen molar-refractivity contribution in [2.75, 3.05) is 0 Å². The minimum atomic E-state index is -4.63. The second-order valence-electron chi connectivity index (χ2n) is 3.37. The summed E-state index contributed by atoms with van der Waals surface area (Å²) in [5.74, 6) is -0.194. The van der Waals surface area contributed by atoms with Gasteiger partial charge in [-0.15, -0.1) is 13.2 Å². The van der Waals surface area contributed by atoms with E-state index >= 15 is 0 Å². The second kappa shape index (κ2) is 5.05. The fourth-order valence-electron chi connectivity index (χ4n) is 1.34. The van der Waals surface area contributed by atoms with E-state index in [1.54, 1.807) is 12.1 Å². The molecular weight excluding hydrogens is 217 g/mol. The maximum absolute atomic E-state index is 11.9. The van der Waals surface area contributed by atoms with Gasteiger partial charge in [-0.2, -0.15) is 0 Å². The van der Waals surface area contributed by atoms with Crippen LogP contribution in [-0.4, -0.2) is 6.36 Å². The van der Waals surface area contributed by atoms with E-state index < -0.39 is 6.36 Å². The van der Waals surface area contributed by atoms with Crippen molar-refractivity contribution >= 4 is 5.57 Å². The molecule has 4 heteroatoms. The Morgan fingerprint density at radius 1 is 1.25 bits per heavy atom. The highest BCUT2D eigenvalue weighted by atomic mass is 19.4. The first kappa shape index (κ1) is 12.6. The summed E-state index contributed by atoms with van der Waals surface area (Å²) in [7, 11) is 0. The third-order valence-electron chi connectivity index (χ3n) is 2.05. The first-order valence-corrected chi connectivity index (χ1v) is 4.95. The van der Waals surface area contributed by atoms with Gasteiger partial charge in [-0.25, -0.2) is 0 Å². The number of rotatable bonds is 3. The Hall–Kier alpha value is -1.45. The zero-order valence-corrected chi connectivity index (χ0v) is 9.14. The van der Waals surface area contributed by atoms with E-state index in [-0.39, 0.29) is 5.75 Å². The van der Waals surface area contributed by atoms with Crippen molar-refractivity contribution in [2.45, 2.75) is 26.6 Å². The van der Waals surface area contributed by atoms with Crippen LogP contribution in [0.15, 0.2) is 30.3 Å². The maximum atomic E-state index is 11.9. The van der Waals surface area contributed by atoms with Crippen LogP contribution in [0.2, 0.25) is 0 Å². The SMILES string of the molecule is CC/C=C(\C)c1ccc(OC(F)(F)F)cc1. The van der Waals surface area contributed by atoms with E-state index in [1.165, 1.54) is 12.1 Å². The Morgan fingerprint density at radius 2 is 1.81 bits per heavy atom. The van der Waals surface area contributed by atoms with E-state index in [9.17, 15) is 13.2 Å². The molecule has 0 aliphatic rings. The number of halogens is 3. The molecule has 0 heterocycles. The van der Waals surface area contributed by atoms with E-state index in [1.807, 2.05) is 19.9 Å². The van der Waals surface area contributed by atoms with Gasteiger partial charge in [0.2, 0.25) is 0 Å². The lowest BCUT2D eigenvalue weighted by atomic mass is 10.1. The first-order valence-electron chi connectivity index (χ1n) is 4.95.